The van der Waals surface area contributed by atoms with Crippen molar-refractivity contribution in [3.05, 3.63) is 29.3 Å². The van der Waals surface area contributed by atoms with Gasteiger partial charge in [-0.1, -0.05) is 76.3 Å². The number of hydrogen-bond donors (Lipinski definition) is 0. The van der Waals surface area contributed by atoms with Crippen molar-refractivity contribution < 1.29 is 0 Å². The molecule has 0 radical (unpaired) electrons. The number of benzene rings is 1. The van der Waals surface area contributed by atoms with Crippen molar-refractivity contribution >= 4 is 11.9 Å². The molecule has 1 aromatic carbocycles. The van der Waals surface area contributed by atoms with Crippen LogP contribution in [-0.4, -0.2) is 25.8 Å². The zero-order chi connectivity index (χ0) is 18.5. The first-order chi connectivity index (χ1) is 12.8. The lowest BCUT2D eigenvalue weighted by atomic mass is 10.1. The third-order valence-corrected chi connectivity index (χ3v) is 5.71. The Morgan fingerprint density at radius 1 is 0.808 bits per heavy atom. The Kier molecular flexibility index (Phi) is 10.5. The van der Waals surface area contributed by atoms with Crippen LogP contribution < -0.4 is 4.90 Å². The molecule has 2 nitrogen and oxygen atoms in total. The number of anilines is 1. The molecular weight excluding hydrogens is 316 g/mol. The molecule has 1 fully saturated rings. The van der Waals surface area contributed by atoms with Gasteiger partial charge in [0, 0.05) is 31.5 Å². The van der Waals surface area contributed by atoms with E-state index in [-0.39, 0.29) is 0 Å². The van der Waals surface area contributed by atoms with Gasteiger partial charge in [0.2, 0.25) is 0 Å². The van der Waals surface area contributed by atoms with Crippen LogP contribution in [0, 0.1) is 6.92 Å². The molecular formula is C24H40N2. The van der Waals surface area contributed by atoms with Gasteiger partial charge in [-0.3, -0.25) is 4.99 Å². The minimum atomic E-state index is 0.855. The highest BCUT2D eigenvalue weighted by molar-refractivity contribution is 5.84. The van der Waals surface area contributed by atoms with Gasteiger partial charge in [-0.2, -0.15) is 0 Å². The summed E-state index contributed by atoms with van der Waals surface area (Å²) < 4.78 is 0. The normalized spacial score (nSPS) is 19.2. The Bertz CT molecular complexity index is 505. The van der Waals surface area contributed by atoms with Crippen molar-refractivity contribution in [3.8, 4) is 0 Å². The van der Waals surface area contributed by atoms with Crippen molar-refractivity contribution in [2.75, 3.05) is 24.5 Å². The second-order valence-corrected chi connectivity index (χ2v) is 7.85. The van der Waals surface area contributed by atoms with Crippen LogP contribution in [0.5, 0.6) is 0 Å². The Labute approximate surface area is 162 Å². The summed E-state index contributed by atoms with van der Waals surface area (Å²) in [5.74, 6) is 0. The van der Waals surface area contributed by atoms with E-state index in [0.717, 1.165) is 6.54 Å². The van der Waals surface area contributed by atoms with Crippen LogP contribution in [0.4, 0.5) is 5.69 Å². The van der Waals surface area contributed by atoms with E-state index in [1.54, 1.807) is 0 Å². The van der Waals surface area contributed by atoms with E-state index in [1.807, 2.05) is 6.21 Å². The van der Waals surface area contributed by atoms with Crippen LogP contribution in [0.1, 0.15) is 95.1 Å². The molecule has 26 heavy (non-hydrogen) atoms. The summed E-state index contributed by atoms with van der Waals surface area (Å²) in [6.07, 6.45) is 19.0. The summed E-state index contributed by atoms with van der Waals surface area (Å²) in [7, 11) is 0. The maximum atomic E-state index is 4.46. The Morgan fingerprint density at radius 3 is 1.81 bits per heavy atom. The lowest BCUT2D eigenvalue weighted by molar-refractivity contribution is 0.550. The monoisotopic (exact) mass is 356 g/mol. The fraction of sp³-hybridized carbons (Fsp3) is 0.708. The van der Waals surface area contributed by atoms with Crippen molar-refractivity contribution in [1.82, 2.24) is 0 Å². The molecule has 2 rings (SSSR count). The summed E-state index contributed by atoms with van der Waals surface area (Å²) in [4.78, 5) is 7.11. The van der Waals surface area contributed by atoms with Gasteiger partial charge in [-0.15, -0.1) is 0 Å². The quantitative estimate of drug-likeness (QED) is 0.536. The second-order valence-electron chi connectivity index (χ2n) is 7.85. The smallest absolute Gasteiger partial charge is 0.0402 e. The molecule has 0 saturated carbocycles. The maximum Gasteiger partial charge on any atom is 0.0402 e. The first kappa shape index (κ1) is 21.0. The molecule has 1 aliphatic heterocycles. The van der Waals surface area contributed by atoms with E-state index in [9.17, 15) is 0 Å². The molecule has 0 bridgehead atoms. The fourth-order valence-corrected chi connectivity index (χ4v) is 4.04. The van der Waals surface area contributed by atoms with Gasteiger partial charge in [-0.05, 0) is 43.9 Å². The largest absolute Gasteiger partial charge is 0.371 e. The minimum absolute atomic E-state index is 0.855. The molecule has 1 aromatic rings. The molecule has 1 saturated heterocycles. The van der Waals surface area contributed by atoms with E-state index in [0.29, 0.717) is 0 Å². The highest BCUT2D eigenvalue weighted by atomic mass is 15.1. The Morgan fingerprint density at radius 2 is 1.31 bits per heavy atom. The number of rotatable bonds is 3. The van der Waals surface area contributed by atoms with E-state index in [2.05, 4.69) is 41.9 Å². The van der Waals surface area contributed by atoms with Gasteiger partial charge in [0.05, 0.1) is 0 Å². The standard InChI is InChI=1S/C24H40N2/c1-3-25-21-23-17-16-18-24(22(23)2)26-19-14-12-10-8-6-4-5-7-9-11-13-15-20-26/h16-18,21H,3-15,19-20H2,1-2H3. The zero-order valence-corrected chi connectivity index (χ0v) is 17.3. The van der Waals surface area contributed by atoms with Gasteiger partial charge in [0.25, 0.3) is 0 Å². The summed E-state index contributed by atoms with van der Waals surface area (Å²) in [6.45, 7) is 7.62. The molecule has 1 heterocycles. The summed E-state index contributed by atoms with van der Waals surface area (Å²) >= 11 is 0. The molecule has 146 valence electrons. The lowest BCUT2D eigenvalue weighted by Crippen LogP contribution is -2.26. The molecule has 0 unspecified atom stereocenters. The van der Waals surface area contributed by atoms with Crippen molar-refractivity contribution in [1.29, 1.82) is 0 Å². The number of nitrogens with zero attached hydrogens (tertiary/aromatic N) is 2. The van der Waals surface area contributed by atoms with Crippen LogP contribution in [0.25, 0.3) is 0 Å². The van der Waals surface area contributed by atoms with Gasteiger partial charge in [0.1, 0.15) is 0 Å². The van der Waals surface area contributed by atoms with Crippen molar-refractivity contribution in [3.63, 3.8) is 0 Å². The van der Waals surface area contributed by atoms with Crippen LogP contribution in [-0.2, 0) is 0 Å². The predicted molar refractivity (Wildman–Crippen MR) is 117 cm³/mol. The molecule has 0 amide bonds. The average molecular weight is 357 g/mol. The first-order valence-electron chi connectivity index (χ1n) is 11.2. The molecule has 2 heteroatoms. The van der Waals surface area contributed by atoms with E-state index < -0.39 is 0 Å². The van der Waals surface area contributed by atoms with Crippen LogP contribution in [0.3, 0.4) is 0 Å². The highest BCUT2D eigenvalue weighted by Crippen LogP contribution is 2.24. The molecule has 1 aliphatic rings. The molecule has 0 atom stereocenters. The lowest BCUT2D eigenvalue weighted by Gasteiger charge is -2.27. The van der Waals surface area contributed by atoms with Gasteiger partial charge >= 0.3 is 0 Å². The number of hydrogen-bond acceptors (Lipinski definition) is 2. The molecule has 0 aromatic heterocycles. The van der Waals surface area contributed by atoms with Gasteiger partial charge in [0.15, 0.2) is 0 Å². The number of aliphatic imine (C=N–C) groups is 1. The summed E-state index contributed by atoms with van der Waals surface area (Å²) in [5, 5.41) is 0. The van der Waals surface area contributed by atoms with E-state index in [1.165, 1.54) is 107 Å². The van der Waals surface area contributed by atoms with Crippen LogP contribution >= 0.6 is 0 Å². The Hall–Kier alpha value is -1.31. The zero-order valence-electron chi connectivity index (χ0n) is 17.3. The highest BCUT2D eigenvalue weighted by Gasteiger charge is 2.11. The van der Waals surface area contributed by atoms with Gasteiger partial charge in [-0.25, -0.2) is 0 Å². The average Bonchev–Trinajstić information content (AvgIpc) is 2.66. The van der Waals surface area contributed by atoms with Crippen molar-refractivity contribution in [2.45, 2.75) is 90.9 Å². The second kappa shape index (κ2) is 12.9. The third kappa shape index (κ3) is 7.51. The fourth-order valence-electron chi connectivity index (χ4n) is 4.04. The maximum absolute atomic E-state index is 4.46. The van der Waals surface area contributed by atoms with Crippen LogP contribution in [0.2, 0.25) is 0 Å². The summed E-state index contributed by atoms with van der Waals surface area (Å²) in [5.41, 5.74) is 4.09. The first-order valence-corrected chi connectivity index (χ1v) is 11.2. The Balaban J connectivity index is 2.03. The van der Waals surface area contributed by atoms with Crippen molar-refractivity contribution in [2.24, 2.45) is 4.99 Å². The van der Waals surface area contributed by atoms with Gasteiger partial charge < -0.3 is 4.90 Å². The van der Waals surface area contributed by atoms with E-state index in [4.69, 9.17) is 0 Å². The molecule has 0 spiro atoms. The third-order valence-electron chi connectivity index (χ3n) is 5.71. The van der Waals surface area contributed by atoms with Crippen LogP contribution in [0.15, 0.2) is 23.2 Å². The molecule has 0 aliphatic carbocycles. The topological polar surface area (TPSA) is 15.6 Å². The van der Waals surface area contributed by atoms with E-state index >= 15 is 0 Å². The minimum Gasteiger partial charge on any atom is -0.371 e. The SMILES string of the molecule is CCN=Cc1cccc(N2CCCCCCCCCCCCCC2)c1C. The summed E-state index contributed by atoms with van der Waals surface area (Å²) in [6, 6.07) is 6.72. The molecule has 0 N–H and O–H groups in total. The predicted octanol–water partition coefficient (Wildman–Crippen LogP) is 6.94.